The maximum absolute atomic E-state index is 13.0. The third-order valence-corrected chi connectivity index (χ3v) is 5.03. The summed E-state index contributed by atoms with van der Waals surface area (Å²) in [6, 6.07) is 18.6. The van der Waals surface area contributed by atoms with Crippen molar-refractivity contribution >= 4 is 23.2 Å². The first kappa shape index (κ1) is 19.6. The molecule has 1 heterocycles. The number of hydrogen-bond acceptors (Lipinski definition) is 3. The van der Waals surface area contributed by atoms with Crippen molar-refractivity contribution < 1.29 is 18.7 Å². The first-order valence-corrected chi connectivity index (χ1v) is 9.69. The second-order valence-electron chi connectivity index (χ2n) is 7.16. The number of nitrogens with one attached hydrogen (secondary N) is 1. The zero-order valence-electron chi connectivity index (χ0n) is 16.5. The minimum Gasteiger partial charge on any atom is -0.489 e. The minimum atomic E-state index is -0.294. The fraction of sp³-hybridized carbons (Fsp3) is 0.167. The molecular weight excluding hydrogens is 383 g/mol. The molecule has 0 unspecified atom stereocenters. The number of amides is 2. The average Bonchev–Trinajstić information content (AvgIpc) is 3.17. The third kappa shape index (κ3) is 4.33. The molecule has 3 aromatic rings. The number of ether oxygens (including phenoxy) is 1. The van der Waals surface area contributed by atoms with Crippen LogP contribution in [0.15, 0.2) is 66.7 Å². The number of carbonyl (C=O) groups excluding carboxylic acids is 2. The molecule has 1 aliphatic rings. The van der Waals surface area contributed by atoms with Gasteiger partial charge in [0.25, 0.3) is 5.91 Å². The molecule has 0 fully saturated rings. The zero-order chi connectivity index (χ0) is 21.1. The van der Waals surface area contributed by atoms with Crippen LogP contribution < -0.4 is 15.0 Å². The Morgan fingerprint density at radius 2 is 1.87 bits per heavy atom. The van der Waals surface area contributed by atoms with Gasteiger partial charge >= 0.3 is 0 Å². The highest BCUT2D eigenvalue weighted by Gasteiger charge is 2.22. The first-order valence-electron chi connectivity index (χ1n) is 9.69. The topological polar surface area (TPSA) is 58.6 Å². The van der Waals surface area contributed by atoms with Crippen LogP contribution in [0.1, 0.15) is 28.4 Å². The van der Waals surface area contributed by atoms with Crippen LogP contribution in [0.2, 0.25) is 0 Å². The van der Waals surface area contributed by atoms with Gasteiger partial charge < -0.3 is 15.0 Å². The van der Waals surface area contributed by atoms with E-state index >= 15 is 0 Å². The van der Waals surface area contributed by atoms with Crippen molar-refractivity contribution in [2.45, 2.75) is 20.0 Å². The normalized spacial score (nSPS) is 12.4. The third-order valence-electron chi connectivity index (χ3n) is 5.03. The van der Waals surface area contributed by atoms with Gasteiger partial charge in [0.05, 0.1) is 0 Å². The van der Waals surface area contributed by atoms with Crippen molar-refractivity contribution in [3.63, 3.8) is 0 Å². The summed E-state index contributed by atoms with van der Waals surface area (Å²) >= 11 is 0. The standard InChI is InChI=1S/C24H21FN2O3/c1-16(28)27-12-11-18-13-21(9-10-23(18)27)26-24(29)19-3-2-4-22(14-19)30-15-17-5-7-20(25)8-6-17/h2-10,13-14H,11-12,15H2,1H3,(H,26,29). The van der Waals surface area contributed by atoms with E-state index in [1.54, 1.807) is 54.3 Å². The Bertz CT molecular complexity index is 1100. The molecule has 30 heavy (non-hydrogen) atoms. The number of carbonyl (C=O) groups is 2. The van der Waals surface area contributed by atoms with Crippen molar-refractivity contribution in [2.75, 3.05) is 16.8 Å². The molecular formula is C24H21FN2O3. The van der Waals surface area contributed by atoms with Gasteiger partial charge in [-0.3, -0.25) is 9.59 Å². The molecule has 2 amide bonds. The number of hydrogen-bond donors (Lipinski definition) is 1. The molecule has 0 aliphatic carbocycles. The number of anilines is 2. The molecule has 6 heteroatoms. The molecule has 0 spiro atoms. The first-order chi connectivity index (χ1) is 14.5. The summed E-state index contributed by atoms with van der Waals surface area (Å²) in [6.07, 6.45) is 0.769. The van der Waals surface area contributed by atoms with Crippen LogP contribution in [0, 0.1) is 5.82 Å². The SMILES string of the molecule is CC(=O)N1CCc2cc(NC(=O)c3cccc(OCc4ccc(F)cc4)c3)ccc21. The molecule has 0 radical (unpaired) electrons. The van der Waals surface area contributed by atoms with E-state index in [0.717, 1.165) is 23.2 Å². The van der Waals surface area contributed by atoms with Crippen molar-refractivity contribution in [3.05, 3.63) is 89.2 Å². The lowest BCUT2D eigenvalue weighted by Crippen LogP contribution is -2.25. The molecule has 152 valence electrons. The summed E-state index contributed by atoms with van der Waals surface area (Å²) in [5, 5.41) is 2.90. The van der Waals surface area contributed by atoms with Crippen LogP contribution in [-0.4, -0.2) is 18.4 Å². The summed E-state index contributed by atoms with van der Waals surface area (Å²) in [7, 11) is 0. The molecule has 1 N–H and O–H groups in total. The Hall–Kier alpha value is -3.67. The van der Waals surface area contributed by atoms with E-state index in [1.165, 1.54) is 12.1 Å². The van der Waals surface area contributed by atoms with Crippen molar-refractivity contribution in [1.82, 2.24) is 0 Å². The Balaban J connectivity index is 1.42. The number of fused-ring (bicyclic) bond motifs is 1. The maximum atomic E-state index is 13.0. The Morgan fingerprint density at radius 3 is 2.63 bits per heavy atom. The largest absolute Gasteiger partial charge is 0.489 e. The average molecular weight is 404 g/mol. The molecule has 0 saturated carbocycles. The highest BCUT2D eigenvalue weighted by Crippen LogP contribution is 2.30. The summed E-state index contributed by atoms with van der Waals surface area (Å²) < 4.78 is 18.7. The zero-order valence-corrected chi connectivity index (χ0v) is 16.5. The van der Waals surface area contributed by atoms with Gasteiger partial charge in [0, 0.05) is 30.4 Å². The van der Waals surface area contributed by atoms with Gasteiger partial charge in [-0.2, -0.15) is 0 Å². The van der Waals surface area contributed by atoms with E-state index in [-0.39, 0.29) is 24.2 Å². The number of halogens is 1. The Labute approximate surface area is 174 Å². The van der Waals surface area contributed by atoms with Crippen LogP contribution in [0.5, 0.6) is 5.75 Å². The number of nitrogens with zero attached hydrogens (tertiary/aromatic N) is 1. The molecule has 0 aromatic heterocycles. The second-order valence-corrected chi connectivity index (χ2v) is 7.16. The number of rotatable bonds is 5. The molecule has 4 rings (SSSR count). The molecule has 1 aliphatic heterocycles. The van der Waals surface area contributed by atoms with E-state index < -0.39 is 0 Å². The van der Waals surface area contributed by atoms with E-state index in [9.17, 15) is 14.0 Å². The highest BCUT2D eigenvalue weighted by molar-refractivity contribution is 6.05. The minimum absolute atomic E-state index is 0.0167. The van der Waals surface area contributed by atoms with Crippen LogP contribution in [0.3, 0.4) is 0 Å². The summed E-state index contributed by atoms with van der Waals surface area (Å²) in [5.74, 6) is 0.0302. The fourth-order valence-electron chi connectivity index (χ4n) is 3.48. The van der Waals surface area contributed by atoms with E-state index in [1.807, 2.05) is 12.1 Å². The van der Waals surface area contributed by atoms with E-state index in [2.05, 4.69) is 5.32 Å². The predicted molar refractivity (Wildman–Crippen MR) is 113 cm³/mol. The number of benzene rings is 3. The molecule has 0 bridgehead atoms. The lowest BCUT2D eigenvalue weighted by molar-refractivity contribution is -0.116. The van der Waals surface area contributed by atoms with Crippen LogP contribution in [-0.2, 0) is 17.8 Å². The van der Waals surface area contributed by atoms with Gasteiger partial charge in [-0.25, -0.2) is 4.39 Å². The van der Waals surface area contributed by atoms with Crippen LogP contribution >= 0.6 is 0 Å². The highest BCUT2D eigenvalue weighted by atomic mass is 19.1. The molecule has 5 nitrogen and oxygen atoms in total. The molecule has 3 aromatic carbocycles. The van der Waals surface area contributed by atoms with Crippen molar-refractivity contribution in [1.29, 1.82) is 0 Å². The van der Waals surface area contributed by atoms with E-state index in [4.69, 9.17) is 4.74 Å². The van der Waals surface area contributed by atoms with Crippen molar-refractivity contribution in [2.24, 2.45) is 0 Å². The van der Waals surface area contributed by atoms with E-state index in [0.29, 0.717) is 23.5 Å². The van der Waals surface area contributed by atoms with Gasteiger partial charge in [0.15, 0.2) is 0 Å². The summed E-state index contributed by atoms with van der Waals surface area (Å²) in [5.41, 5.74) is 3.93. The van der Waals surface area contributed by atoms with Gasteiger partial charge in [-0.05, 0) is 66.1 Å². The summed E-state index contributed by atoms with van der Waals surface area (Å²) in [4.78, 5) is 26.1. The predicted octanol–water partition coefficient (Wildman–Crippen LogP) is 4.57. The van der Waals surface area contributed by atoms with Crippen LogP contribution in [0.25, 0.3) is 0 Å². The van der Waals surface area contributed by atoms with Gasteiger partial charge in [0.1, 0.15) is 18.2 Å². The lowest BCUT2D eigenvalue weighted by Gasteiger charge is -2.15. The van der Waals surface area contributed by atoms with Gasteiger partial charge in [-0.15, -0.1) is 0 Å². The second kappa shape index (κ2) is 8.37. The maximum Gasteiger partial charge on any atom is 0.255 e. The van der Waals surface area contributed by atoms with Gasteiger partial charge in [0.2, 0.25) is 5.91 Å². The molecule has 0 saturated heterocycles. The molecule has 0 atom stereocenters. The Morgan fingerprint density at radius 1 is 1.07 bits per heavy atom. The van der Waals surface area contributed by atoms with Gasteiger partial charge in [-0.1, -0.05) is 18.2 Å². The quantitative estimate of drug-likeness (QED) is 0.678. The van der Waals surface area contributed by atoms with Crippen LogP contribution in [0.4, 0.5) is 15.8 Å². The van der Waals surface area contributed by atoms with Crippen molar-refractivity contribution in [3.8, 4) is 5.75 Å². The lowest BCUT2D eigenvalue weighted by atomic mass is 10.1. The summed E-state index contributed by atoms with van der Waals surface area (Å²) in [6.45, 7) is 2.49. The fourth-order valence-corrected chi connectivity index (χ4v) is 3.48. The smallest absolute Gasteiger partial charge is 0.255 e. The monoisotopic (exact) mass is 404 g/mol. The Kier molecular flexibility index (Phi) is 5.48.